The third-order valence-electron chi connectivity index (χ3n) is 2.19. The van der Waals surface area contributed by atoms with Gasteiger partial charge in [-0.2, -0.15) is 0 Å². The third kappa shape index (κ3) is 2.94. The summed E-state index contributed by atoms with van der Waals surface area (Å²) in [6.45, 7) is 0. The summed E-state index contributed by atoms with van der Waals surface area (Å²) in [7, 11) is 1.61. The first-order valence-corrected chi connectivity index (χ1v) is 4.71. The van der Waals surface area contributed by atoms with Gasteiger partial charge in [-0.1, -0.05) is 0 Å². The Morgan fingerprint density at radius 2 is 2.53 bits per heavy atom. The lowest BCUT2D eigenvalue weighted by Gasteiger charge is -2.17. The molecule has 0 radical (unpaired) electrons. The lowest BCUT2D eigenvalue weighted by molar-refractivity contribution is 0.394. The van der Waals surface area contributed by atoms with Crippen molar-refractivity contribution in [3.05, 3.63) is 24.0 Å². The number of nitrogens with one attached hydrogen (secondary N) is 1. The maximum Gasteiger partial charge on any atom is 0.141 e. The van der Waals surface area contributed by atoms with Crippen LogP contribution in [-0.4, -0.2) is 12.1 Å². The second-order valence-corrected chi connectivity index (χ2v) is 3.08. The number of ether oxygens (including phenoxy) is 1. The quantitative estimate of drug-likeness (QED) is 0.428. The predicted molar refractivity (Wildman–Crippen MR) is 58.9 cm³/mol. The topological polar surface area (TPSA) is 60.2 Å². The second kappa shape index (κ2) is 6.02. The highest BCUT2D eigenvalue weighted by Gasteiger charge is 2.13. The summed E-state index contributed by atoms with van der Waals surface area (Å²) in [4.78, 5) is 3.98. The molecule has 3 N–H and O–H groups in total. The van der Waals surface area contributed by atoms with Crippen LogP contribution in [0.2, 0.25) is 0 Å². The molecule has 4 heteroatoms. The van der Waals surface area contributed by atoms with E-state index in [0.717, 1.165) is 17.7 Å². The monoisotopic (exact) mass is 205 g/mol. The highest BCUT2D eigenvalue weighted by atomic mass is 16.5. The molecule has 0 saturated carbocycles. The number of methoxy groups -OCH3 is 1. The van der Waals surface area contributed by atoms with E-state index in [0.29, 0.717) is 6.42 Å². The second-order valence-electron chi connectivity index (χ2n) is 3.08. The molecule has 1 heterocycles. The van der Waals surface area contributed by atoms with Crippen LogP contribution >= 0.6 is 0 Å². The van der Waals surface area contributed by atoms with Crippen LogP contribution in [0.5, 0.6) is 5.75 Å². The lowest BCUT2D eigenvalue weighted by Crippen LogP contribution is -2.28. The third-order valence-corrected chi connectivity index (χ3v) is 2.19. The van der Waals surface area contributed by atoms with Gasteiger partial charge in [0.15, 0.2) is 0 Å². The molecule has 0 amide bonds. The van der Waals surface area contributed by atoms with E-state index >= 15 is 0 Å². The van der Waals surface area contributed by atoms with Gasteiger partial charge in [-0.05, 0) is 12.5 Å². The smallest absolute Gasteiger partial charge is 0.141 e. The SMILES string of the molecule is C#CCCC(NN)c1ccncc1OC. The summed E-state index contributed by atoms with van der Waals surface area (Å²) >= 11 is 0. The summed E-state index contributed by atoms with van der Waals surface area (Å²) in [5.41, 5.74) is 3.70. The van der Waals surface area contributed by atoms with E-state index in [4.69, 9.17) is 17.0 Å². The van der Waals surface area contributed by atoms with E-state index in [9.17, 15) is 0 Å². The summed E-state index contributed by atoms with van der Waals surface area (Å²) in [5.74, 6) is 8.78. The average Bonchev–Trinajstić information content (AvgIpc) is 2.30. The molecule has 15 heavy (non-hydrogen) atoms. The van der Waals surface area contributed by atoms with Crippen LogP contribution < -0.4 is 16.0 Å². The molecule has 1 unspecified atom stereocenters. The fourth-order valence-corrected chi connectivity index (χ4v) is 1.41. The Morgan fingerprint density at radius 1 is 1.73 bits per heavy atom. The minimum atomic E-state index is -0.000926. The van der Waals surface area contributed by atoms with Crippen LogP contribution in [0.3, 0.4) is 0 Å². The molecule has 0 spiro atoms. The molecule has 0 saturated heterocycles. The molecule has 1 aromatic heterocycles. The number of terminal acetylenes is 1. The van der Waals surface area contributed by atoms with E-state index in [1.165, 1.54) is 0 Å². The van der Waals surface area contributed by atoms with E-state index in [2.05, 4.69) is 16.3 Å². The van der Waals surface area contributed by atoms with Crippen molar-refractivity contribution in [2.24, 2.45) is 5.84 Å². The molecule has 80 valence electrons. The van der Waals surface area contributed by atoms with Crippen molar-refractivity contribution < 1.29 is 4.74 Å². The van der Waals surface area contributed by atoms with Crippen molar-refractivity contribution in [2.75, 3.05) is 7.11 Å². The van der Waals surface area contributed by atoms with Gasteiger partial charge in [-0.25, -0.2) is 0 Å². The molecular weight excluding hydrogens is 190 g/mol. The number of hydrazine groups is 1. The van der Waals surface area contributed by atoms with Gasteiger partial charge in [-0.15, -0.1) is 12.3 Å². The molecule has 1 rings (SSSR count). The molecule has 0 bridgehead atoms. The van der Waals surface area contributed by atoms with Gasteiger partial charge in [0.25, 0.3) is 0 Å². The molecule has 0 fully saturated rings. The average molecular weight is 205 g/mol. The number of hydrogen-bond donors (Lipinski definition) is 2. The molecule has 1 atom stereocenters. The highest BCUT2D eigenvalue weighted by Crippen LogP contribution is 2.25. The van der Waals surface area contributed by atoms with Crippen molar-refractivity contribution in [3.63, 3.8) is 0 Å². The van der Waals surface area contributed by atoms with Gasteiger partial charge in [0.2, 0.25) is 0 Å². The first kappa shape index (κ1) is 11.5. The first-order valence-electron chi connectivity index (χ1n) is 4.71. The number of nitrogens with two attached hydrogens (primary N) is 1. The highest BCUT2D eigenvalue weighted by molar-refractivity contribution is 5.32. The maximum atomic E-state index is 5.47. The van der Waals surface area contributed by atoms with Gasteiger partial charge in [-0.3, -0.25) is 16.3 Å². The molecular formula is C11H15N3O. The van der Waals surface area contributed by atoms with Crippen molar-refractivity contribution >= 4 is 0 Å². The number of nitrogens with zero attached hydrogens (tertiary/aromatic N) is 1. The van der Waals surface area contributed by atoms with E-state index in [1.54, 1.807) is 19.5 Å². The van der Waals surface area contributed by atoms with E-state index < -0.39 is 0 Å². The Labute approximate surface area is 89.8 Å². The molecule has 0 aliphatic carbocycles. The van der Waals surface area contributed by atoms with Gasteiger partial charge in [0.1, 0.15) is 5.75 Å². The zero-order valence-electron chi connectivity index (χ0n) is 8.73. The zero-order valence-corrected chi connectivity index (χ0v) is 8.73. The summed E-state index contributed by atoms with van der Waals surface area (Å²) in [5, 5.41) is 0. The van der Waals surface area contributed by atoms with Crippen LogP contribution in [0.4, 0.5) is 0 Å². The fraction of sp³-hybridized carbons (Fsp3) is 0.364. The van der Waals surface area contributed by atoms with Crippen molar-refractivity contribution in [2.45, 2.75) is 18.9 Å². The molecule has 4 nitrogen and oxygen atoms in total. The number of aromatic nitrogens is 1. The summed E-state index contributed by atoms with van der Waals surface area (Å²) in [6.07, 6.45) is 10.0. The standard InChI is InChI=1S/C11H15N3O/c1-3-4-5-10(14-12)9-6-7-13-8-11(9)15-2/h1,6-8,10,14H,4-5,12H2,2H3. The fourth-order valence-electron chi connectivity index (χ4n) is 1.41. The number of hydrogen-bond acceptors (Lipinski definition) is 4. The molecule has 0 aliphatic heterocycles. The molecule has 1 aromatic rings. The maximum absolute atomic E-state index is 5.47. The summed E-state index contributed by atoms with van der Waals surface area (Å²) < 4.78 is 5.20. The normalized spacial score (nSPS) is 11.8. The van der Waals surface area contributed by atoms with Crippen LogP contribution in [0.25, 0.3) is 0 Å². The minimum absolute atomic E-state index is 0.000926. The number of pyridine rings is 1. The van der Waals surface area contributed by atoms with Gasteiger partial charge in [0, 0.05) is 18.2 Å². The van der Waals surface area contributed by atoms with Crippen LogP contribution in [0, 0.1) is 12.3 Å². The van der Waals surface area contributed by atoms with Crippen molar-refractivity contribution in [1.29, 1.82) is 0 Å². The van der Waals surface area contributed by atoms with Crippen LogP contribution in [0.15, 0.2) is 18.5 Å². The Bertz CT molecular complexity index is 346. The van der Waals surface area contributed by atoms with Gasteiger partial charge >= 0.3 is 0 Å². The Morgan fingerprint density at radius 3 is 3.13 bits per heavy atom. The van der Waals surface area contributed by atoms with Gasteiger partial charge in [0.05, 0.1) is 19.3 Å². The Kier molecular flexibility index (Phi) is 4.61. The largest absolute Gasteiger partial charge is 0.495 e. The molecule has 0 aromatic carbocycles. The lowest BCUT2D eigenvalue weighted by atomic mass is 10.0. The van der Waals surface area contributed by atoms with Crippen molar-refractivity contribution in [1.82, 2.24) is 10.4 Å². The van der Waals surface area contributed by atoms with Crippen LogP contribution in [-0.2, 0) is 0 Å². The number of rotatable bonds is 5. The van der Waals surface area contributed by atoms with E-state index in [1.807, 2.05) is 6.07 Å². The Balaban J connectivity index is 2.86. The Hall–Kier alpha value is -1.57. The van der Waals surface area contributed by atoms with Crippen LogP contribution in [0.1, 0.15) is 24.4 Å². The predicted octanol–water partition coefficient (Wildman–Crippen LogP) is 1.01. The molecule has 0 aliphatic rings. The zero-order chi connectivity index (χ0) is 11.1. The van der Waals surface area contributed by atoms with E-state index in [-0.39, 0.29) is 6.04 Å². The van der Waals surface area contributed by atoms with Crippen molar-refractivity contribution in [3.8, 4) is 18.1 Å². The first-order chi connectivity index (χ1) is 7.33. The minimum Gasteiger partial charge on any atom is -0.495 e. The summed E-state index contributed by atoms with van der Waals surface area (Å²) in [6, 6.07) is 1.87. The van der Waals surface area contributed by atoms with Gasteiger partial charge < -0.3 is 4.74 Å².